The Bertz CT molecular complexity index is 447. The molecule has 0 saturated heterocycles. The second-order valence-corrected chi connectivity index (χ2v) is 5.16. The summed E-state index contributed by atoms with van der Waals surface area (Å²) >= 11 is 3.23. The Labute approximate surface area is 115 Å². The fraction of sp³-hybridized carbons (Fsp3) is 0.429. The summed E-state index contributed by atoms with van der Waals surface area (Å²) < 4.78 is 19.4. The molecule has 4 heteroatoms. The predicted molar refractivity (Wildman–Crippen MR) is 73.8 cm³/mol. The van der Waals surface area contributed by atoms with E-state index in [2.05, 4.69) is 34.2 Å². The van der Waals surface area contributed by atoms with Crippen LogP contribution in [-0.4, -0.2) is 13.2 Å². The molecule has 1 aliphatic heterocycles. The van der Waals surface area contributed by atoms with Crippen molar-refractivity contribution in [1.82, 2.24) is 5.32 Å². The zero-order chi connectivity index (χ0) is 13.0. The van der Waals surface area contributed by atoms with Crippen LogP contribution in [0.5, 0.6) is 0 Å². The fourth-order valence-corrected chi connectivity index (χ4v) is 2.40. The minimum atomic E-state index is -0.241. The van der Waals surface area contributed by atoms with Crippen LogP contribution in [0.25, 0.3) is 0 Å². The first-order valence-electron chi connectivity index (χ1n) is 6.23. The molecule has 1 aromatic rings. The molecule has 1 N–H and O–H groups in total. The van der Waals surface area contributed by atoms with Crippen LogP contribution in [0, 0.1) is 5.82 Å². The maximum Gasteiger partial charge on any atom is 0.137 e. The highest BCUT2D eigenvalue weighted by Crippen LogP contribution is 2.29. The van der Waals surface area contributed by atoms with Crippen molar-refractivity contribution in [3.8, 4) is 0 Å². The van der Waals surface area contributed by atoms with Crippen molar-refractivity contribution in [3.63, 3.8) is 0 Å². The minimum absolute atomic E-state index is 0.0179. The molecule has 98 valence electrons. The Kier molecular flexibility index (Phi) is 4.78. The highest BCUT2D eigenvalue weighted by atomic mass is 79.9. The summed E-state index contributed by atoms with van der Waals surface area (Å²) in [7, 11) is 0. The van der Waals surface area contributed by atoms with Crippen LogP contribution in [0.3, 0.4) is 0 Å². The normalized spacial score (nSPS) is 16.3. The van der Waals surface area contributed by atoms with E-state index >= 15 is 0 Å². The fourth-order valence-electron chi connectivity index (χ4n) is 2.00. The molecule has 0 fully saturated rings. The zero-order valence-electron chi connectivity index (χ0n) is 10.4. The maximum atomic E-state index is 13.3. The molecular formula is C14H17BrFNO. The summed E-state index contributed by atoms with van der Waals surface area (Å²) in [6.45, 7) is 3.76. The van der Waals surface area contributed by atoms with Crippen molar-refractivity contribution in [2.45, 2.75) is 25.8 Å². The van der Waals surface area contributed by atoms with E-state index in [1.165, 1.54) is 6.07 Å². The second-order valence-electron chi connectivity index (χ2n) is 4.30. The number of benzene rings is 1. The molecular weight excluding hydrogens is 297 g/mol. The molecule has 0 spiro atoms. The highest BCUT2D eigenvalue weighted by Gasteiger charge is 2.20. The molecule has 2 nitrogen and oxygen atoms in total. The van der Waals surface area contributed by atoms with Gasteiger partial charge in [-0.3, -0.25) is 0 Å². The minimum Gasteiger partial charge on any atom is -0.496 e. The zero-order valence-corrected chi connectivity index (χ0v) is 12.0. The molecule has 1 unspecified atom stereocenters. The lowest BCUT2D eigenvalue weighted by molar-refractivity contribution is 0.215. The molecule has 0 aromatic heterocycles. The largest absolute Gasteiger partial charge is 0.496 e. The van der Waals surface area contributed by atoms with Crippen molar-refractivity contribution in [3.05, 3.63) is 45.9 Å². The van der Waals surface area contributed by atoms with Crippen LogP contribution in [0.2, 0.25) is 0 Å². The Balaban J connectivity index is 2.23. The Morgan fingerprint density at radius 1 is 1.50 bits per heavy atom. The Morgan fingerprint density at radius 3 is 2.94 bits per heavy atom. The van der Waals surface area contributed by atoms with E-state index < -0.39 is 0 Å². The lowest BCUT2D eigenvalue weighted by Crippen LogP contribution is -2.24. The Morgan fingerprint density at radius 2 is 2.33 bits per heavy atom. The average Bonchev–Trinajstić information content (AvgIpc) is 2.88. The van der Waals surface area contributed by atoms with Gasteiger partial charge in [0.05, 0.1) is 17.1 Å². The monoisotopic (exact) mass is 313 g/mol. The molecule has 1 aromatic carbocycles. The van der Waals surface area contributed by atoms with E-state index in [1.807, 2.05) is 6.07 Å². The highest BCUT2D eigenvalue weighted by molar-refractivity contribution is 9.10. The van der Waals surface area contributed by atoms with Gasteiger partial charge in [-0.1, -0.05) is 13.0 Å². The summed E-state index contributed by atoms with van der Waals surface area (Å²) in [5, 5.41) is 3.44. The van der Waals surface area contributed by atoms with Gasteiger partial charge in [0, 0.05) is 6.42 Å². The summed E-state index contributed by atoms with van der Waals surface area (Å²) in [5.74, 6) is 0.705. The summed E-state index contributed by atoms with van der Waals surface area (Å²) in [6.07, 6.45) is 4.10. The van der Waals surface area contributed by atoms with E-state index in [4.69, 9.17) is 4.74 Å². The van der Waals surface area contributed by atoms with Crippen LogP contribution in [-0.2, 0) is 4.74 Å². The van der Waals surface area contributed by atoms with E-state index in [9.17, 15) is 4.39 Å². The number of nitrogens with one attached hydrogen (secondary N) is 1. The standard InChI is InChI=1S/C14H17BrFNO/c1-2-7-17-14(13-4-3-8-18-13)10-5-6-12(16)11(15)9-10/h4-6,9,14,17H,2-3,7-8H2,1H3. The van der Waals surface area contributed by atoms with Gasteiger partial charge in [-0.15, -0.1) is 0 Å². The van der Waals surface area contributed by atoms with Crippen LogP contribution in [0.1, 0.15) is 31.4 Å². The first-order chi connectivity index (χ1) is 8.72. The molecule has 1 atom stereocenters. The smallest absolute Gasteiger partial charge is 0.137 e. The summed E-state index contributed by atoms with van der Waals surface area (Å²) in [4.78, 5) is 0. The van der Waals surface area contributed by atoms with Crippen LogP contribution < -0.4 is 5.32 Å². The third-order valence-corrected chi connectivity index (χ3v) is 3.50. The summed E-state index contributed by atoms with van der Waals surface area (Å²) in [6, 6.07) is 5.11. The molecule has 0 saturated carbocycles. The van der Waals surface area contributed by atoms with E-state index in [0.29, 0.717) is 4.47 Å². The quantitative estimate of drug-likeness (QED) is 0.889. The number of hydrogen-bond donors (Lipinski definition) is 1. The van der Waals surface area contributed by atoms with Gasteiger partial charge in [-0.05, 0) is 52.7 Å². The van der Waals surface area contributed by atoms with E-state index in [-0.39, 0.29) is 11.9 Å². The van der Waals surface area contributed by atoms with Gasteiger partial charge in [0.15, 0.2) is 0 Å². The first-order valence-corrected chi connectivity index (χ1v) is 7.03. The van der Waals surface area contributed by atoms with Gasteiger partial charge in [0.1, 0.15) is 11.6 Å². The SMILES string of the molecule is CCCNC(C1=CCCO1)c1ccc(F)c(Br)c1. The lowest BCUT2D eigenvalue weighted by Gasteiger charge is -2.20. The molecule has 2 rings (SSSR count). The van der Waals surface area contributed by atoms with Crippen molar-refractivity contribution < 1.29 is 9.13 Å². The van der Waals surface area contributed by atoms with Crippen molar-refractivity contribution in [2.75, 3.05) is 13.2 Å². The molecule has 0 bridgehead atoms. The van der Waals surface area contributed by atoms with Gasteiger partial charge in [-0.25, -0.2) is 4.39 Å². The topological polar surface area (TPSA) is 21.3 Å². The maximum absolute atomic E-state index is 13.3. The van der Waals surface area contributed by atoms with E-state index in [1.54, 1.807) is 6.07 Å². The third kappa shape index (κ3) is 3.12. The number of halogens is 2. The predicted octanol–water partition coefficient (Wildman–Crippen LogP) is 3.93. The number of hydrogen-bond acceptors (Lipinski definition) is 2. The van der Waals surface area contributed by atoms with Crippen LogP contribution >= 0.6 is 15.9 Å². The van der Waals surface area contributed by atoms with Crippen LogP contribution in [0.15, 0.2) is 34.5 Å². The molecule has 1 heterocycles. The van der Waals surface area contributed by atoms with Gasteiger partial charge >= 0.3 is 0 Å². The van der Waals surface area contributed by atoms with Crippen molar-refractivity contribution in [1.29, 1.82) is 0 Å². The summed E-state index contributed by atoms with van der Waals surface area (Å²) in [5.41, 5.74) is 1.02. The van der Waals surface area contributed by atoms with Gasteiger partial charge in [-0.2, -0.15) is 0 Å². The molecule has 0 amide bonds. The number of rotatable bonds is 5. The third-order valence-electron chi connectivity index (χ3n) is 2.89. The molecule has 0 aliphatic carbocycles. The Hall–Kier alpha value is -0.870. The second kappa shape index (κ2) is 6.34. The van der Waals surface area contributed by atoms with Crippen LogP contribution in [0.4, 0.5) is 4.39 Å². The lowest BCUT2D eigenvalue weighted by atomic mass is 10.0. The first kappa shape index (κ1) is 13.6. The van der Waals surface area contributed by atoms with Crippen molar-refractivity contribution >= 4 is 15.9 Å². The van der Waals surface area contributed by atoms with Gasteiger partial charge in [0.25, 0.3) is 0 Å². The molecule has 0 radical (unpaired) electrons. The van der Waals surface area contributed by atoms with Gasteiger partial charge in [0.2, 0.25) is 0 Å². The molecule has 18 heavy (non-hydrogen) atoms. The van der Waals surface area contributed by atoms with Crippen molar-refractivity contribution in [2.24, 2.45) is 0 Å². The van der Waals surface area contributed by atoms with E-state index in [0.717, 1.165) is 37.3 Å². The van der Waals surface area contributed by atoms with Gasteiger partial charge < -0.3 is 10.1 Å². The number of ether oxygens (including phenoxy) is 1. The average molecular weight is 314 g/mol. The molecule has 1 aliphatic rings.